The monoisotopic (exact) mass is 399 g/mol. The van der Waals surface area contributed by atoms with Crippen molar-refractivity contribution in [3.05, 3.63) is 0 Å². The Kier molecular flexibility index (Phi) is 4.80. The van der Waals surface area contributed by atoms with Crippen LogP contribution in [-0.2, 0) is 0 Å². The lowest BCUT2D eigenvalue weighted by Gasteiger charge is -2.41. The molecule has 1 saturated heterocycles. The quantitative estimate of drug-likeness (QED) is 0.683. The second-order valence-corrected chi connectivity index (χ2v) is 4.87. The summed E-state index contributed by atoms with van der Waals surface area (Å²) in [4.78, 5) is 1.37. The number of amidine groups is 1. The largest absolute Gasteiger partial charge is 0.434 e. The van der Waals surface area contributed by atoms with Crippen LogP contribution in [0.1, 0.15) is 6.92 Å². The van der Waals surface area contributed by atoms with Gasteiger partial charge in [-0.1, -0.05) is 0 Å². The number of nitrogens with zero attached hydrogens (tertiary/aromatic N) is 2. The van der Waals surface area contributed by atoms with Crippen LogP contribution in [0.2, 0.25) is 0 Å². The third kappa shape index (κ3) is 2.61. The van der Waals surface area contributed by atoms with Crippen molar-refractivity contribution in [2.45, 2.75) is 42.8 Å². The first-order valence-corrected chi connectivity index (χ1v) is 6.16. The fraction of sp³-hybridized carbons (Fsp3) is 0.900. The zero-order chi connectivity index (χ0) is 20.3. The summed E-state index contributed by atoms with van der Waals surface area (Å²) in [6.07, 6.45) is -26.4. The molecule has 25 heavy (non-hydrogen) atoms. The van der Waals surface area contributed by atoms with Crippen LogP contribution in [-0.4, -0.2) is 60.2 Å². The number of hydrogen-bond acceptors (Lipinski definition) is 2. The van der Waals surface area contributed by atoms with Crippen LogP contribution in [0.5, 0.6) is 0 Å². The first-order chi connectivity index (χ1) is 10.8. The minimum absolute atomic E-state index is 0.225. The fourth-order valence-electron chi connectivity index (χ4n) is 2.60. The van der Waals surface area contributed by atoms with Gasteiger partial charge in [0.15, 0.2) is 0 Å². The Bertz CT molecular complexity index is 509. The molecule has 1 N–H and O–H groups in total. The van der Waals surface area contributed by atoms with Gasteiger partial charge >= 0.3 is 24.7 Å². The van der Waals surface area contributed by atoms with Gasteiger partial charge in [-0.2, -0.15) is 52.7 Å². The van der Waals surface area contributed by atoms with Gasteiger partial charge in [0, 0.05) is 13.6 Å². The van der Waals surface area contributed by atoms with Gasteiger partial charge in [0.25, 0.3) is 11.2 Å². The molecule has 0 aromatic carbocycles. The van der Waals surface area contributed by atoms with E-state index in [2.05, 4.69) is 4.99 Å². The van der Waals surface area contributed by atoms with E-state index in [0.29, 0.717) is 6.92 Å². The van der Waals surface area contributed by atoms with E-state index < -0.39 is 53.2 Å². The molecule has 0 bridgehead atoms. The Morgan fingerprint density at radius 2 is 1.16 bits per heavy atom. The summed E-state index contributed by atoms with van der Waals surface area (Å²) in [7, 11) is 0.231. The fourth-order valence-corrected chi connectivity index (χ4v) is 2.60. The van der Waals surface area contributed by atoms with Crippen molar-refractivity contribution in [3.63, 3.8) is 0 Å². The van der Waals surface area contributed by atoms with Gasteiger partial charge in [-0.05, 0) is 6.92 Å². The van der Waals surface area contributed by atoms with Gasteiger partial charge in [0.1, 0.15) is 5.84 Å². The summed E-state index contributed by atoms with van der Waals surface area (Å²) in [5.41, 5.74) is -11.3. The third-order valence-corrected chi connectivity index (χ3v) is 3.56. The van der Waals surface area contributed by atoms with Crippen LogP contribution in [0, 0.1) is 0 Å². The maximum atomic E-state index is 13.2. The van der Waals surface area contributed by atoms with Crippen molar-refractivity contribution in [1.82, 2.24) is 10.2 Å². The molecule has 1 heterocycles. The van der Waals surface area contributed by atoms with Gasteiger partial charge < -0.3 is 4.90 Å². The SMILES string of the molecule is CCN1C(=NC)C(C(F)(F)F)(C(F)(F)F)NC1(C(F)(F)F)C(F)(F)F. The third-order valence-electron chi connectivity index (χ3n) is 3.56. The second-order valence-electron chi connectivity index (χ2n) is 4.87. The molecule has 0 atom stereocenters. The Morgan fingerprint density at radius 3 is 1.36 bits per heavy atom. The normalized spacial score (nSPS) is 23.4. The molecule has 0 aliphatic carbocycles. The smallest absolute Gasteiger partial charge is 0.325 e. The van der Waals surface area contributed by atoms with Gasteiger partial charge in [0.2, 0.25) is 0 Å². The van der Waals surface area contributed by atoms with E-state index in [4.69, 9.17) is 0 Å². The Morgan fingerprint density at radius 1 is 0.800 bits per heavy atom. The van der Waals surface area contributed by atoms with Crippen molar-refractivity contribution < 1.29 is 52.7 Å². The molecular formula is C10H9F12N3. The molecular weight excluding hydrogens is 390 g/mol. The summed E-state index contributed by atoms with van der Waals surface area (Å²) in [5.74, 6) is -2.48. The topological polar surface area (TPSA) is 27.6 Å². The molecule has 0 unspecified atom stereocenters. The number of likely N-dealkylation sites (N-methyl/N-ethyl adjacent to an activating group) is 1. The van der Waals surface area contributed by atoms with E-state index in [1.54, 1.807) is 0 Å². The van der Waals surface area contributed by atoms with E-state index in [1.807, 2.05) is 0 Å². The molecule has 1 rings (SSSR count). The molecule has 0 aromatic rings. The maximum absolute atomic E-state index is 13.2. The molecule has 0 saturated carbocycles. The number of hydrogen-bond donors (Lipinski definition) is 1. The lowest BCUT2D eigenvalue weighted by atomic mass is 9.96. The molecule has 1 aliphatic heterocycles. The molecule has 1 fully saturated rings. The number of rotatable bonds is 1. The van der Waals surface area contributed by atoms with Gasteiger partial charge in [-0.25, -0.2) is 0 Å². The predicted octanol–water partition coefficient (Wildman–Crippen LogP) is 3.62. The summed E-state index contributed by atoms with van der Waals surface area (Å²) < 4.78 is 158. The summed E-state index contributed by atoms with van der Waals surface area (Å²) >= 11 is 0. The molecule has 0 aromatic heterocycles. The minimum atomic E-state index is -6.61. The van der Waals surface area contributed by atoms with Gasteiger partial charge in [0.05, 0.1) is 0 Å². The van der Waals surface area contributed by atoms with Crippen molar-refractivity contribution in [2.75, 3.05) is 13.6 Å². The van der Waals surface area contributed by atoms with E-state index in [0.717, 1.165) is 0 Å². The molecule has 148 valence electrons. The zero-order valence-corrected chi connectivity index (χ0v) is 12.1. The van der Waals surface area contributed by atoms with Crippen LogP contribution >= 0.6 is 0 Å². The molecule has 0 radical (unpaired) electrons. The van der Waals surface area contributed by atoms with Crippen LogP contribution in [0.25, 0.3) is 0 Å². The van der Waals surface area contributed by atoms with E-state index >= 15 is 0 Å². The van der Waals surface area contributed by atoms with Crippen LogP contribution in [0.15, 0.2) is 4.99 Å². The first kappa shape index (κ1) is 21.6. The average molecular weight is 399 g/mol. The maximum Gasteiger partial charge on any atom is 0.434 e. The average Bonchev–Trinajstić information content (AvgIpc) is 2.68. The summed E-state index contributed by atoms with van der Waals surface area (Å²) in [6, 6.07) is 0. The zero-order valence-electron chi connectivity index (χ0n) is 12.1. The lowest BCUT2D eigenvalue weighted by Crippen LogP contribution is -2.75. The van der Waals surface area contributed by atoms with Crippen molar-refractivity contribution in [3.8, 4) is 0 Å². The Balaban J connectivity index is 4.03. The highest BCUT2D eigenvalue weighted by atomic mass is 19.4. The second kappa shape index (κ2) is 5.54. The van der Waals surface area contributed by atoms with E-state index in [1.165, 1.54) is 0 Å². The van der Waals surface area contributed by atoms with Gasteiger partial charge in [-0.15, -0.1) is 0 Å². The highest BCUT2D eigenvalue weighted by molar-refractivity contribution is 5.96. The van der Waals surface area contributed by atoms with Crippen molar-refractivity contribution >= 4 is 5.84 Å². The number of alkyl halides is 12. The lowest BCUT2D eigenvalue weighted by molar-refractivity contribution is -0.351. The number of halogens is 12. The minimum Gasteiger partial charge on any atom is -0.325 e. The molecule has 0 amide bonds. The highest BCUT2D eigenvalue weighted by Crippen LogP contribution is 2.57. The van der Waals surface area contributed by atoms with Crippen LogP contribution < -0.4 is 5.32 Å². The Hall–Kier alpha value is -1.41. The summed E-state index contributed by atoms with van der Waals surface area (Å²) in [5, 5.41) is -0.225. The van der Waals surface area contributed by atoms with Crippen molar-refractivity contribution in [2.24, 2.45) is 4.99 Å². The van der Waals surface area contributed by atoms with Crippen LogP contribution in [0.3, 0.4) is 0 Å². The van der Waals surface area contributed by atoms with E-state index in [-0.39, 0.29) is 12.4 Å². The summed E-state index contributed by atoms with van der Waals surface area (Å²) in [6.45, 7) is -0.964. The number of aliphatic imine (C=N–C) groups is 1. The molecule has 3 nitrogen and oxygen atoms in total. The molecule has 0 spiro atoms. The van der Waals surface area contributed by atoms with Crippen LogP contribution in [0.4, 0.5) is 52.7 Å². The van der Waals surface area contributed by atoms with Crippen molar-refractivity contribution in [1.29, 1.82) is 0 Å². The molecule has 15 heteroatoms. The standard InChI is InChI=1S/C10H9F12N3/c1-3-25-4(23-2)5(7(11,12)13,8(14,15)16)24-6(25,9(17,18)19)10(20,21)22/h24H,3H2,1-2H3. The number of nitrogens with one attached hydrogen (secondary N) is 1. The van der Waals surface area contributed by atoms with E-state index in [9.17, 15) is 52.7 Å². The molecule has 1 aliphatic rings. The van der Waals surface area contributed by atoms with Gasteiger partial charge in [-0.3, -0.25) is 10.3 Å². The highest BCUT2D eigenvalue weighted by Gasteiger charge is 2.89. The first-order valence-electron chi connectivity index (χ1n) is 6.16. The predicted molar refractivity (Wildman–Crippen MR) is 58.6 cm³/mol. The Labute approximate surface area is 131 Å².